The van der Waals surface area contributed by atoms with Crippen molar-refractivity contribution in [2.24, 2.45) is 0 Å². The monoisotopic (exact) mass is 363 g/mol. The number of ether oxygens (including phenoxy) is 1. The molecule has 0 bridgehead atoms. The summed E-state index contributed by atoms with van der Waals surface area (Å²) in [5.74, 6) is 0.966. The van der Waals surface area contributed by atoms with Gasteiger partial charge in [0.1, 0.15) is 5.75 Å². The van der Waals surface area contributed by atoms with Gasteiger partial charge >= 0.3 is 0 Å². The molecule has 27 heavy (non-hydrogen) atoms. The van der Waals surface area contributed by atoms with Crippen LogP contribution in [0.4, 0.5) is 0 Å². The van der Waals surface area contributed by atoms with Crippen molar-refractivity contribution in [3.63, 3.8) is 0 Å². The Hall–Kier alpha value is -2.35. The summed E-state index contributed by atoms with van der Waals surface area (Å²) in [6, 6.07) is 21.3. The van der Waals surface area contributed by atoms with E-state index in [0.717, 1.165) is 64.5 Å². The molecule has 0 radical (unpaired) electrons. The second-order valence-electron chi connectivity index (χ2n) is 7.11. The molecule has 1 heterocycles. The number of aryl methyl sites for hydroxylation is 1. The van der Waals surface area contributed by atoms with E-state index in [2.05, 4.69) is 64.4 Å². The SMILES string of the molecule is N#CCCN1CCN(Cc2cccc(OCCCc3ccccc3)c2)CC1. The van der Waals surface area contributed by atoms with Crippen molar-refractivity contribution < 1.29 is 4.74 Å². The number of hydrogen-bond acceptors (Lipinski definition) is 4. The van der Waals surface area contributed by atoms with Crippen LogP contribution < -0.4 is 4.74 Å². The van der Waals surface area contributed by atoms with Gasteiger partial charge < -0.3 is 4.74 Å². The summed E-state index contributed by atoms with van der Waals surface area (Å²) in [5, 5.41) is 8.71. The fraction of sp³-hybridized carbons (Fsp3) is 0.435. The molecule has 1 aliphatic heterocycles. The van der Waals surface area contributed by atoms with Gasteiger partial charge in [-0.3, -0.25) is 9.80 Å². The molecule has 4 nitrogen and oxygen atoms in total. The molecule has 0 amide bonds. The van der Waals surface area contributed by atoms with Crippen molar-refractivity contribution in [1.82, 2.24) is 9.80 Å². The van der Waals surface area contributed by atoms with E-state index in [1.807, 2.05) is 6.07 Å². The first-order chi connectivity index (χ1) is 13.3. The Morgan fingerprint density at radius 3 is 2.41 bits per heavy atom. The molecule has 0 aliphatic carbocycles. The highest BCUT2D eigenvalue weighted by atomic mass is 16.5. The van der Waals surface area contributed by atoms with Gasteiger partial charge in [0.05, 0.1) is 12.7 Å². The molecule has 1 fully saturated rings. The zero-order valence-electron chi connectivity index (χ0n) is 16.0. The molecule has 3 rings (SSSR count). The fourth-order valence-corrected chi connectivity index (χ4v) is 3.48. The molecule has 0 saturated carbocycles. The lowest BCUT2D eigenvalue weighted by Crippen LogP contribution is -2.46. The average Bonchev–Trinajstić information content (AvgIpc) is 2.72. The van der Waals surface area contributed by atoms with E-state index in [-0.39, 0.29) is 0 Å². The van der Waals surface area contributed by atoms with Crippen molar-refractivity contribution in [2.75, 3.05) is 39.3 Å². The van der Waals surface area contributed by atoms with Crippen molar-refractivity contribution in [1.29, 1.82) is 5.26 Å². The normalized spacial score (nSPS) is 15.4. The Morgan fingerprint density at radius 2 is 1.63 bits per heavy atom. The van der Waals surface area contributed by atoms with Crippen LogP contribution in [0.2, 0.25) is 0 Å². The van der Waals surface area contributed by atoms with Crippen LogP contribution in [-0.4, -0.2) is 49.1 Å². The predicted molar refractivity (Wildman–Crippen MR) is 109 cm³/mol. The van der Waals surface area contributed by atoms with Gasteiger partial charge in [0.2, 0.25) is 0 Å². The lowest BCUT2D eigenvalue weighted by Gasteiger charge is -2.34. The molecule has 0 atom stereocenters. The Balaban J connectivity index is 1.39. The minimum atomic E-state index is 0.629. The van der Waals surface area contributed by atoms with Gasteiger partial charge in [-0.15, -0.1) is 0 Å². The van der Waals surface area contributed by atoms with E-state index >= 15 is 0 Å². The molecule has 142 valence electrons. The van der Waals surface area contributed by atoms with E-state index < -0.39 is 0 Å². The Kier molecular flexibility index (Phi) is 7.70. The summed E-state index contributed by atoms with van der Waals surface area (Å²) >= 11 is 0. The second-order valence-corrected chi connectivity index (χ2v) is 7.11. The number of hydrogen-bond donors (Lipinski definition) is 0. The maximum atomic E-state index is 8.71. The van der Waals surface area contributed by atoms with Gasteiger partial charge in [-0.05, 0) is 36.1 Å². The first-order valence-corrected chi connectivity index (χ1v) is 9.91. The summed E-state index contributed by atoms with van der Waals surface area (Å²) in [4.78, 5) is 4.86. The molecule has 1 saturated heterocycles. The van der Waals surface area contributed by atoms with Gasteiger partial charge in [-0.1, -0.05) is 42.5 Å². The summed E-state index contributed by atoms with van der Waals surface area (Å²) in [5.41, 5.74) is 2.67. The lowest BCUT2D eigenvalue weighted by molar-refractivity contribution is 0.129. The van der Waals surface area contributed by atoms with Crippen LogP contribution in [0.1, 0.15) is 24.0 Å². The summed E-state index contributed by atoms with van der Waals surface area (Å²) < 4.78 is 5.96. The number of piperazine rings is 1. The highest BCUT2D eigenvalue weighted by Crippen LogP contribution is 2.16. The molecular weight excluding hydrogens is 334 g/mol. The quantitative estimate of drug-likeness (QED) is 0.637. The summed E-state index contributed by atoms with van der Waals surface area (Å²) in [7, 11) is 0. The first-order valence-electron chi connectivity index (χ1n) is 9.91. The van der Waals surface area contributed by atoms with Crippen LogP contribution in [-0.2, 0) is 13.0 Å². The van der Waals surface area contributed by atoms with Crippen molar-refractivity contribution in [3.8, 4) is 11.8 Å². The molecule has 0 aromatic heterocycles. The van der Waals surface area contributed by atoms with Crippen molar-refractivity contribution in [2.45, 2.75) is 25.8 Å². The van der Waals surface area contributed by atoms with E-state index in [1.165, 1.54) is 11.1 Å². The van der Waals surface area contributed by atoms with Crippen LogP contribution in [0.5, 0.6) is 5.75 Å². The van der Waals surface area contributed by atoms with Crippen molar-refractivity contribution >= 4 is 0 Å². The number of benzene rings is 2. The smallest absolute Gasteiger partial charge is 0.119 e. The first kappa shape index (κ1) is 19.4. The van der Waals surface area contributed by atoms with Crippen LogP contribution in [0.3, 0.4) is 0 Å². The van der Waals surface area contributed by atoms with Gasteiger partial charge in [-0.2, -0.15) is 5.26 Å². The van der Waals surface area contributed by atoms with E-state index in [4.69, 9.17) is 10.00 Å². The van der Waals surface area contributed by atoms with E-state index in [1.54, 1.807) is 0 Å². The molecule has 0 unspecified atom stereocenters. The Morgan fingerprint density at radius 1 is 0.889 bits per heavy atom. The van der Waals surface area contributed by atoms with Gasteiger partial charge in [0, 0.05) is 45.7 Å². The average molecular weight is 364 g/mol. The van der Waals surface area contributed by atoms with Gasteiger partial charge in [0.25, 0.3) is 0 Å². The third-order valence-corrected chi connectivity index (χ3v) is 5.03. The molecule has 2 aromatic carbocycles. The van der Waals surface area contributed by atoms with Crippen LogP contribution in [0.25, 0.3) is 0 Å². The maximum Gasteiger partial charge on any atom is 0.119 e. The van der Waals surface area contributed by atoms with E-state index in [0.29, 0.717) is 6.42 Å². The predicted octanol–water partition coefficient (Wildman–Crippen LogP) is 3.73. The number of nitrogens with zero attached hydrogens (tertiary/aromatic N) is 3. The largest absolute Gasteiger partial charge is 0.494 e. The minimum absolute atomic E-state index is 0.629. The summed E-state index contributed by atoms with van der Waals surface area (Å²) in [6.07, 6.45) is 2.71. The third kappa shape index (κ3) is 6.71. The second kappa shape index (κ2) is 10.7. The topological polar surface area (TPSA) is 39.5 Å². The third-order valence-electron chi connectivity index (χ3n) is 5.03. The van der Waals surface area contributed by atoms with Gasteiger partial charge in [0.15, 0.2) is 0 Å². The minimum Gasteiger partial charge on any atom is -0.494 e. The zero-order valence-corrected chi connectivity index (χ0v) is 16.0. The number of rotatable bonds is 9. The standard InChI is InChI=1S/C23H29N3O/c24-12-6-13-25-14-16-26(17-15-25)20-22-9-4-11-23(19-22)27-18-5-10-21-7-2-1-3-8-21/h1-4,7-9,11,19H,5-6,10,13-18,20H2. The van der Waals surface area contributed by atoms with E-state index in [9.17, 15) is 0 Å². The zero-order chi connectivity index (χ0) is 18.7. The van der Waals surface area contributed by atoms with Crippen molar-refractivity contribution in [3.05, 3.63) is 65.7 Å². The van der Waals surface area contributed by atoms with Crippen LogP contribution in [0.15, 0.2) is 54.6 Å². The molecule has 0 N–H and O–H groups in total. The maximum absolute atomic E-state index is 8.71. The molecule has 4 heteroatoms. The molecule has 2 aromatic rings. The number of nitriles is 1. The van der Waals surface area contributed by atoms with Gasteiger partial charge in [-0.25, -0.2) is 0 Å². The highest BCUT2D eigenvalue weighted by Gasteiger charge is 2.16. The molecule has 1 aliphatic rings. The van der Waals surface area contributed by atoms with Crippen LogP contribution >= 0.6 is 0 Å². The Labute approximate surface area is 163 Å². The Bertz CT molecular complexity index is 718. The lowest BCUT2D eigenvalue weighted by atomic mass is 10.1. The summed E-state index contributed by atoms with van der Waals surface area (Å²) in [6.45, 7) is 6.84. The fourth-order valence-electron chi connectivity index (χ4n) is 3.48. The molecule has 0 spiro atoms. The highest BCUT2D eigenvalue weighted by molar-refractivity contribution is 5.28. The van der Waals surface area contributed by atoms with Crippen LogP contribution in [0, 0.1) is 11.3 Å². The molecular formula is C23H29N3O.